The first-order valence-corrected chi connectivity index (χ1v) is 9.10. The predicted molar refractivity (Wildman–Crippen MR) is 108 cm³/mol. The summed E-state index contributed by atoms with van der Waals surface area (Å²) in [5.41, 5.74) is 8.20. The third kappa shape index (κ3) is 4.26. The first-order chi connectivity index (χ1) is 13.8. The second kappa shape index (κ2) is 8.14. The number of furan rings is 1. The van der Waals surface area contributed by atoms with Crippen molar-refractivity contribution in [3.63, 3.8) is 0 Å². The highest BCUT2D eigenvalue weighted by Gasteiger charge is 2.28. The van der Waals surface area contributed by atoms with Crippen molar-refractivity contribution in [2.24, 2.45) is 5.73 Å². The number of aryl methyl sites for hydroxylation is 3. The molecule has 0 radical (unpaired) electrons. The highest BCUT2D eigenvalue weighted by atomic mass is 16.5. The van der Waals surface area contributed by atoms with Crippen molar-refractivity contribution in [3.8, 4) is 11.3 Å². The second-order valence-corrected chi connectivity index (χ2v) is 6.50. The number of rotatable bonds is 6. The van der Waals surface area contributed by atoms with Crippen molar-refractivity contribution in [2.75, 3.05) is 11.9 Å². The van der Waals surface area contributed by atoms with Crippen LogP contribution in [-0.4, -0.2) is 28.5 Å². The zero-order chi connectivity index (χ0) is 21.1. The largest absolute Gasteiger partial charge is 0.462 e. The Bertz CT molecular complexity index is 1070. The molecule has 0 spiro atoms. The van der Waals surface area contributed by atoms with E-state index >= 15 is 0 Å². The number of hydrogen-bond donors (Lipinski definition) is 2. The van der Waals surface area contributed by atoms with Crippen molar-refractivity contribution in [3.05, 3.63) is 58.6 Å². The van der Waals surface area contributed by atoms with Gasteiger partial charge in [-0.2, -0.15) is 0 Å². The Morgan fingerprint density at radius 1 is 1.10 bits per heavy atom. The number of benzene rings is 1. The molecule has 0 fully saturated rings. The number of nitrogens with two attached hydrogens (primary N) is 1. The SMILES string of the molecule is CCOC(=O)c1c(C)oc(Nc2cc(-c3ccc(C)cc3)nc(C)n2)c1C(N)=O. The van der Waals surface area contributed by atoms with E-state index in [1.165, 1.54) is 0 Å². The number of ether oxygens (including phenoxy) is 1. The van der Waals surface area contributed by atoms with Crippen LogP contribution in [0.3, 0.4) is 0 Å². The normalized spacial score (nSPS) is 10.6. The van der Waals surface area contributed by atoms with Crippen LogP contribution in [0, 0.1) is 20.8 Å². The summed E-state index contributed by atoms with van der Waals surface area (Å²) >= 11 is 0. The van der Waals surface area contributed by atoms with Gasteiger partial charge < -0.3 is 20.2 Å². The molecule has 150 valence electrons. The first kappa shape index (κ1) is 20.1. The highest BCUT2D eigenvalue weighted by molar-refractivity contribution is 6.09. The van der Waals surface area contributed by atoms with Crippen LogP contribution in [0.4, 0.5) is 11.7 Å². The molecule has 8 heteroatoms. The molecule has 1 aromatic carbocycles. The number of primary amides is 1. The van der Waals surface area contributed by atoms with Gasteiger partial charge in [-0.25, -0.2) is 14.8 Å². The summed E-state index contributed by atoms with van der Waals surface area (Å²) in [6.45, 7) is 7.16. The van der Waals surface area contributed by atoms with Crippen molar-refractivity contribution < 1.29 is 18.7 Å². The Labute approximate surface area is 168 Å². The summed E-state index contributed by atoms with van der Waals surface area (Å²) in [4.78, 5) is 33.1. The quantitative estimate of drug-likeness (QED) is 0.612. The van der Waals surface area contributed by atoms with Gasteiger partial charge in [0, 0.05) is 11.6 Å². The Balaban J connectivity index is 2.02. The fourth-order valence-corrected chi connectivity index (χ4v) is 2.94. The van der Waals surface area contributed by atoms with Gasteiger partial charge in [0.05, 0.1) is 12.3 Å². The lowest BCUT2D eigenvalue weighted by Crippen LogP contribution is -2.18. The van der Waals surface area contributed by atoms with Gasteiger partial charge in [-0.15, -0.1) is 0 Å². The molecule has 0 saturated carbocycles. The van der Waals surface area contributed by atoms with Gasteiger partial charge in [-0.1, -0.05) is 29.8 Å². The molecule has 29 heavy (non-hydrogen) atoms. The first-order valence-electron chi connectivity index (χ1n) is 9.10. The number of nitrogens with one attached hydrogen (secondary N) is 1. The Hall–Kier alpha value is -3.68. The van der Waals surface area contributed by atoms with Gasteiger partial charge in [0.2, 0.25) is 5.88 Å². The van der Waals surface area contributed by atoms with E-state index in [1.807, 2.05) is 31.2 Å². The van der Waals surface area contributed by atoms with Crippen LogP contribution in [-0.2, 0) is 4.74 Å². The third-order valence-electron chi connectivity index (χ3n) is 4.24. The van der Waals surface area contributed by atoms with Crippen molar-refractivity contribution in [2.45, 2.75) is 27.7 Å². The molecule has 1 amide bonds. The van der Waals surface area contributed by atoms with Gasteiger partial charge in [0.1, 0.15) is 28.5 Å². The van der Waals surface area contributed by atoms with Crippen molar-refractivity contribution in [1.29, 1.82) is 0 Å². The molecule has 2 aromatic heterocycles. The number of esters is 1. The summed E-state index contributed by atoms with van der Waals surface area (Å²) in [6.07, 6.45) is 0. The Morgan fingerprint density at radius 3 is 2.41 bits per heavy atom. The van der Waals surface area contributed by atoms with Gasteiger partial charge in [-0.05, 0) is 27.7 Å². The minimum atomic E-state index is -0.808. The lowest BCUT2D eigenvalue weighted by Gasteiger charge is -2.08. The standard InChI is InChI=1S/C21H22N4O4/c1-5-28-21(27)17-12(3)29-20(18(17)19(22)26)25-16-10-15(23-13(4)24-16)14-8-6-11(2)7-9-14/h6-10H,5H2,1-4H3,(H2,22,26)(H,23,24,25). The number of amides is 1. The van der Waals surface area contributed by atoms with Gasteiger partial charge >= 0.3 is 5.97 Å². The summed E-state index contributed by atoms with van der Waals surface area (Å²) in [7, 11) is 0. The van der Waals surface area contributed by atoms with Crippen LogP contribution in [0.15, 0.2) is 34.7 Å². The maximum atomic E-state index is 12.2. The van der Waals surface area contributed by atoms with Gasteiger partial charge in [0.15, 0.2) is 0 Å². The second-order valence-electron chi connectivity index (χ2n) is 6.50. The zero-order valence-corrected chi connectivity index (χ0v) is 16.7. The maximum Gasteiger partial charge on any atom is 0.342 e. The van der Waals surface area contributed by atoms with Gasteiger partial charge in [0.25, 0.3) is 5.91 Å². The summed E-state index contributed by atoms with van der Waals surface area (Å²) in [5.74, 6) is -0.290. The minimum absolute atomic E-state index is 0.00591. The Kier molecular flexibility index (Phi) is 5.63. The average molecular weight is 394 g/mol. The molecular weight excluding hydrogens is 372 g/mol. The smallest absolute Gasteiger partial charge is 0.342 e. The van der Waals surface area contributed by atoms with E-state index in [0.717, 1.165) is 11.1 Å². The number of hydrogen-bond acceptors (Lipinski definition) is 7. The average Bonchev–Trinajstić information content (AvgIpc) is 2.98. The summed E-state index contributed by atoms with van der Waals surface area (Å²) < 4.78 is 10.6. The molecule has 0 aliphatic carbocycles. The molecular formula is C21H22N4O4. The molecule has 8 nitrogen and oxygen atoms in total. The highest BCUT2D eigenvalue weighted by Crippen LogP contribution is 2.30. The number of carbonyl (C=O) groups is 2. The van der Waals surface area contributed by atoms with Crippen LogP contribution in [0.1, 0.15) is 44.8 Å². The van der Waals surface area contributed by atoms with E-state index in [9.17, 15) is 9.59 Å². The molecule has 2 heterocycles. The number of carbonyl (C=O) groups excluding carboxylic acids is 2. The van der Waals surface area contributed by atoms with E-state index in [-0.39, 0.29) is 29.4 Å². The predicted octanol–water partition coefficient (Wildman–Crippen LogP) is 3.68. The minimum Gasteiger partial charge on any atom is -0.462 e. The molecule has 0 atom stereocenters. The van der Waals surface area contributed by atoms with Crippen LogP contribution in [0.25, 0.3) is 11.3 Å². The summed E-state index contributed by atoms with van der Waals surface area (Å²) in [5, 5.41) is 2.95. The van der Waals surface area contributed by atoms with E-state index in [2.05, 4.69) is 15.3 Å². The molecule has 3 rings (SSSR count). The van der Waals surface area contributed by atoms with E-state index in [0.29, 0.717) is 17.3 Å². The van der Waals surface area contributed by atoms with Gasteiger partial charge in [-0.3, -0.25) is 4.79 Å². The molecule has 3 aromatic rings. The maximum absolute atomic E-state index is 12.2. The molecule has 0 saturated heterocycles. The molecule has 0 unspecified atom stereocenters. The van der Waals surface area contributed by atoms with Crippen LogP contribution in [0.5, 0.6) is 0 Å². The Morgan fingerprint density at radius 2 is 1.79 bits per heavy atom. The monoisotopic (exact) mass is 394 g/mol. The third-order valence-corrected chi connectivity index (χ3v) is 4.24. The van der Waals surface area contributed by atoms with E-state index < -0.39 is 11.9 Å². The fraction of sp³-hybridized carbons (Fsp3) is 0.238. The van der Waals surface area contributed by atoms with Crippen LogP contribution in [0.2, 0.25) is 0 Å². The number of anilines is 2. The lowest BCUT2D eigenvalue weighted by molar-refractivity contribution is 0.0521. The fourth-order valence-electron chi connectivity index (χ4n) is 2.94. The van der Waals surface area contributed by atoms with E-state index in [1.54, 1.807) is 26.8 Å². The van der Waals surface area contributed by atoms with Crippen LogP contribution >= 0.6 is 0 Å². The molecule has 0 bridgehead atoms. The molecule has 0 aliphatic heterocycles. The number of nitrogens with zero attached hydrogens (tertiary/aromatic N) is 2. The van der Waals surface area contributed by atoms with E-state index in [4.69, 9.17) is 14.9 Å². The molecule has 3 N–H and O–H groups in total. The lowest BCUT2D eigenvalue weighted by atomic mass is 10.1. The van der Waals surface area contributed by atoms with Crippen molar-refractivity contribution in [1.82, 2.24) is 9.97 Å². The number of aromatic nitrogens is 2. The molecule has 0 aliphatic rings. The topological polar surface area (TPSA) is 120 Å². The van der Waals surface area contributed by atoms with Crippen LogP contribution < -0.4 is 11.1 Å². The van der Waals surface area contributed by atoms with Crippen molar-refractivity contribution >= 4 is 23.6 Å². The summed E-state index contributed by atoms with van der Waals surface area (Å²) in [6, 6.07) is 9.64. The zero-order valence-electron chi connectivity index (χ0n) is 16.7.